The summed E-state index contributed by atoms with van der Waals surface area (Å²) >= 11 is 0. The summed E-state index contributed by atoms with van der Waals surface area (Å²) in [6.07, 6.45) is -34.1. The number of hydrogen-bond donors (Lipinski definition) is 17. The second-order valence-corrected chi connectivity index (χ2v) is 28.6. The van der Waals surface area contributed by atoms with Crippen molar-refractivity contribution < 1.29 is 134 Å². The van der Waals surface area contributed by atoms with Gasteiger partial charge in [0.15, 0.2) is 31.5 Å². The molecule has 4 aliphatic carbocycles. The zero-order chi connectivity index (χ0) is 63.9. The molecule has 5 saturated heterocycles. The van der Waals surface area contributed by atoms with Crippen LogP contribution in [-0.4, -0.2) is 285 Å². The molecule has 0 bridgehead atoms. The van der Waals surface area contributed by atoms with Crippen molar-refractivity contribution in [2.24, 2.45) is 45.3 Å². The smallest absolute Gasteiger partial charge is 0.187 e. The third kappa shape index (κ3) is 12.7. The van der Waals surface area contributed by atoms with Gasteiger partial charge in [0.05, 0.1) is 50.3 Å². The van der Waals surface area contributed by atoms with Crippen molar-refractivity contribution in [2.45, 2.75) is 291 Å². The van der Waals surface area contributed by atoms with Crippen molar-refractivity contribution in [1.29, 1.82) is 0 Å². The maximum absolute atomic E-state index is 13.0. The lowest BCUT2D eigenvalue weighted by Gasteiger charge is -2.71. The minimum absolute atomic E-state index is 0.0205. The van der Waals surface area contributed by atoms with Crippen LogP contribution in [0.25, 0.3) is 0 Å². The average Bonchev–Trinajstić information content (AvgIpc) is 1.67. The van der Waals surface area contributed by atoms with E-state index < -0.39 is 214 Å². The predicted octanol–water partition coefficient (Wildman–Crippen LogP) is -3.35. The molecule has 0 radical (unpaired) electrons. The Morgan fingerprint density at radius 1 is 0.506 bits per heavy atom. The summed E-state index contributed by atoms with van der Waals surface area (Å²) in [7, 11) is 0. The summed E-state index contributed by atoms with van der Waals surface area (Å²) < 4.78 is 61.1. The monoisotopic (exact) mass is 1250 g/mol. The molecule has 9 aliphatic rings. The van der Waals surface area contributed by atoms with Gasteiger partial charge in [0, 0.05) is 0 Å². The Morgan fingerprint density at radius 2 is 0.989 bits per heavy atom. The topological polar surface area (TPSA) is 436 Å². The number of aliphatic hydroxyl groups excluding tert-OH is 17. The van der Waals surface area contributed by atoms with Crippen LogP contribution in [0.1, 0.15) is 120 Å². The minimum atomic E-state index is -1.89. The molecule has 87 heavy (non-hydrogen) atoms. The molecule has 27 nitrogen and oxygen atoms in total. The lowest BCUT2D eigenvalue weighted by molar-refractivity contribution is -0.382. The molecule has 5 heterocycles. The third-order valence-electron chi connectivity index (χ3n) is 22.9. The molecule has 9 rings (SSSR count). The first-order valence-corrected chi connectivity index (χ1v) is 31.3. The lowest BCUT2D eigenvalue weighted by Crippen LogP contribution is -2.68. The van der Waals surface area contributed by atoms with Crippen LogP contribution in [-0.2, 0) is 47.4 Å². The van der Waals surface area contributed by atoms with Crippen LogP contribution < -0.4 is 0 Å². The number of aliphatic hydroxyl groups is 17. The summed E-state index contributed by atoms with van der Waals surface area (Å²) in [5.74, 6) is -0.686. The molecule has 17 N–H and O–H groups in total. The van der Waals surface area contributed by atoms with E-state index in [2.05, 4.69) is 40.7 Å². The largest absolute Gasteiger partial charge is 0.394 e. The van der Waals surface area contributed by atoms with Crippen LogP contribution in [0.2, 0.25) is 0 Å². The van der Waals surface area contributed by atoms with E-state index in [4.69, 9.17) is 47.4 Å². The number of allylic oxidation sites excluding steroid dienone is 2. The molecule has 9 fully saturated rings. The van der Waals surface area contributed by atoms with Crippen molar-refractivity contribution in [3.63, 3.8) is 0 Å². The molecule has 0 amide bonds. The highest BCUT2D eigenvalue weighted by molar-refractivity contribution is 5.21. The zero-order valence-electron chi connectivity index (χ0n) is 51.4. The molecule has 35 atom stereocenters. The van der Waals surface area contributed by atoms with Gasteiger partial charge in [0.2, 0.25) is 0 Å². The molecular formula is C60H102O27. The molecule has 0 aromatic carbocycles. The van der Waals surface area contributed by atoms with Gasteiger partial charge in [0.25, 0.3) is 0 Å². The SMILES string of the molecule is CC(C)=CCCC(C)(OC1OC(COC2OC(CO)C(O)C(O)C2O)C(O)C(O)C1O)C1CCC2(C)C1C(O)CC1C3(C)CCC(OC4OC(COC5OC(C)C(O)C(O)C5O)C(O)C(O)C4OC4OC(CO)C(O)C(O)C4O)C(C)(C)C3CCC12C. The Bertz CT molecular complexity index is 2300. The molecule has 0 spiro atoms. The van der Waals surface area contributed by atoms with E-state index >= 15 is 0 Å². The van der Waals surface area contributed by atoms with Crippen LogP contribution >= 0.6 is 0 Å². The molecule has 0 aromatic rings. The van der Waals surface area contributed by atoms with Crippen LogP contribution in [0.4, 0.5) is 0 Å². The van der Waals surface area contributed by atoms with Gasteiger partial charge in [0.1, 0.15) is 116 Å². The fraction of sp³-hybridized carbons (Fsp3) is 0.967. The van der Waals surface area contributed by atoms with Gasteiger partial charge in [-0.05, 0) is 131 Å². The highest BCUT2D eigenvalue weighted by Gasteiger charge is 2.72. The predicted molar refractivity (Wildman–Crippen MR) is 297 cm³/mol. The lowest BCUT2D eigenvalue weighted by atomic mass is 9.35. The first-order valence-electron chi connectivity index (χ1n) is 31.3. The van der Waals surface area contributed by atoms with E-state index in [1.54, 1.807) is 0 Å². The normalized spacial score (nSPS) is 53.3. The minimum Gasteiger partial charge on any atom is -0.394 e. The van der Waals surface area contributed by atoms with E-state index in [1.165, 1.54) is 6.92 Å². The fourth-order valence-corrected chi connectivity index (χ4v) is 17.6. The Balaban J connectivity index is 0.940. The summed E-state index contributed by atoms with van der Waals surface area (Å²) in [5.41, 5.74) is -1.91. The van der Waals surface area contributed by atoms with Crippen molar-refractivity contribution in [3.05, 3.63) is 11.6 Å². The highest BCUT2D eigenvalue weighted by Crippen LogP contribution is 2.76. The molecule has 504 valence electrons. The molecule has 5 aliphatic heterocycles. The number of ether oxygens (including phenoxy) is 10. The fourth-order valence-electron chi connectivity index (χ4n) is 17.6. The number of hydrogen-bond acceptors (Lipinski definition) is 27. The third-order valence-corrected chi connectivity index (χ3v) is 22.9. The Kier molecular flexibility index (Phi) is 21.6. The van der Waals surface area contributed by atoms with Crippen LogP contribution in [0.3, 0.4) is 0 Å². The van der Waals surface area contributed by atoms with Crippen molar-refractivity contribution in [3.8, 4) is 0 Å². The molecular weight excluding hydrogens is 1150 g/mol. The first kappa shape index (κ1) is 70.0. The van der Waals surface area contributed by atoms with Gasteiger partial charge in [-0.15, -0.1) is 0 Å². The highest BCUT2D eigenvalue weighted by atomic mass is 16.8. The Morgan fingerprint density at radius 3 is 1.56 bits per heavy atom. The zero-order valence-corrected chi connectivity index (χ0v) is 51.4. The molecule has 4 saturated carbocycles. The van der Waals surface area contributed by atoms with Crippen molar-refractivity contribution >= 4 is 0 Å². The van der Waals surface area contributed by atoms with Crippen molar-refractivity contribution in [2.75, 3.05) is 26.4 Å². The summed E-state index contributed by atoms with van der Waals surface area (Å²) in [5, 5.41) is 185. The first-order chi connectivity index (χ1) is 40.7. The average molecular weight is 1260 g/mol. The quantitative estimate of drug-likeness (QED) is 0.0471. The summed E-state index contributed by atoms with van der Waals surface area (Å²) in [6, 6.07) is 0. The van der Waals surface area contributed by atoms with E-state index in [-0.39, 0.29) is 29.1 Å². The van der Waals surface area contributed by atoms with E-state index in [9.17, 15) is 86.8 Å². The van der Waals surface area contributed by atoms with Crippen molar-refractivity contribution in [1.82, 2.24) is 0 Å². The second-order valence-electron chi connectivity index (χ2n) is 28.6. The van der Waals surface area contributed by atoms with Gasteiger partial charge in [-0.3, -0.25) is 0 Å². The van der Waals surface area contributed by atoms with Crippen LogP contribution in [0, 0.1) is 45.3 Å². The number of rotatable bonds is 18. The Hall–Kier alpha value is -1.34. The Labute approximate surface area is 507 Å². The van der Waals surface area contributed by atoms with E-state index in [1.807, 2.05) is 20.8 Å². The van der Waals surface area contributed by atoms with E-state index in [0.29, 0.717) is 38.5 Å². The molecule has 27 heteroatoms. The van der Waals surface area contributed by atoms with Gasteiger partial charge < -0.3 is 134 Å². The van der Waals surface area contributed by atoms with Gasteiger partial charge in [-0.1, -0.05) is 46.3 Å². The summed E-state index contributed by atoms with van der Waals surface area (Å²) in [4.78, 5) is 0. The van der Waals surface area contributed by atoms with Gasteiger partial charge in [-0.25, -0.2) is 0 Å². The summed E-state index contributed by atoms with van der Waals surface area (Å²) in [6.45, 7) is 15.9. The van der Waals surface area contributed by atoms with Gasteiger partial charge >= 0.3 is 0 Å². The maximum atomic E-state index is 13.0. The molecule has 0 aromatic heterocycles. The van der Waals surface area contributed by atoms with Crippen LogP contribution in [0.5, 0.6) is 0 Å². The number of fused-ring (bicyclic) bond motifs is 5. The standard InChI is InChI=1S/C60H102O27/c1-24(2)11-10-15-60(9,87-54-49(77)44(72)39(67)30(83-54)22-79-52-47(75)42(70)37(65)28(20-61)81-52)26-12-17-59(8)35(26)27(63)19-33-57(6)16-14-34(56(4,5)32(57)13-18-58(33,59)7)85-55-50(86-53-48(76)43(71)38(66)29(21-62)82-53)45(73)40(68)31(84-55)23-78-51-46(74)41(69)36(64)25(3)80-51/h11,25-55,61-77H,10,12-23H2,1-9H3. The van der Waals surface area contributed by atoms with E-state index in [0.717, 1.165) is 24.8 Å². The maximum Gasteiger partial charge on any atom is 0.187 e. The van der Waals surface area contributed by atoms with Gasteiger partial charge in [-0.2, -0.15) is 0 Å². The second kappa shape index (κ2) is 26.8. The molecule has 35 unspecified atom stereocenters. The van der Waals surface area contributed by atoms with Crippen LogP contribution in [0.15, 0.2) is 11.6 Å².